The van der Waals surface area contributed by atoms with Gasteiger partial charge in [0.25, 0.3) is 0 Å². The fraction of sp³-hybridized carbons (Fsp3) is 0.471. The number of carboxylic acid groups (broad SMARTS) is 1. The van der Waals surface area contributed by atoms with Crippen molar-refractivity contribution in [2.45, 2.75) is 31.6 Å². The van der Waals surface area contributed by atoms with Gasteiger partial charge in [-0.15, -0.1) is 0 Å². The summed E-state index contributed by atoms with van der Waals surface area (Å²) < 4.78 is 0. The normalized spacial score (nSPS) is 16.8. The first-order chi connectivity index (χ1) is 10.1. The Morgan fingerprint density at radius 3 is 2.76 bits per heavy atom. The van der Waals surface area contributed by atoms with Gasteiger partial charge in [-0.3, -0.25) is 9.69 Å². The van der Waals surface area contributed by atoms with Crippen LogP contribution < -0.4 is 0 Å². The molecule has 0 radical (unpaired) electrons. The number of piperidine rings is 1. The largest absolute Gasteiger partial charge is 0.481 e. The van der Waals surface area contributed by atoms with Crippen molar-refractivity contribution in [3.05, 3.63) is 34.9 Å². The van der Waals surface area contributed by atoms with Crippen LogP contribution >= 0.6 is 11.6 Å². The molecule has 1 aliphatic heterocycles. The van der Waals surface area contributed by atoms with E-state index < -0.39 is 5.97 Å². The summed E-state index contributed by atoms with van der Waals surface area (Å²) in [6.07, 6.45) is 3.77. The van der Waals surface area contributed by atoms with Crippen LogP contribution in [0.3, 0.4) is 0 Å². The van der Waals surface area contributed by atoms with E-state index in [-0.39, 0.29) is 12.3 Å². The third-order valence-electron chi connectivity index (χ3n) is 3.66. The van der Waals surface area contributed by atoms with Crippen LogP contribution in [-0.4, -0.2) is 35.6 Å². The molecule has 0 spiro atoms. The molecule has 1 heterocycles. The zero-order valence-corrected chi connectivity index (χ0v) is 12.8. The molecule has 4 heteroatoms. The van der Waals surface area contributed by atoms with Crippen molar-refractivity contribution < 1.29 is 9.90 Å². The first-order valence-corrected chi connectivity index (χ1v) is 7.71. The number of hydrogen-bond acceptors (Lipinski definition) is 2. The molecule has 0 saturated carbocycles. The summed E-state index contributed by atoms with van der Waals surface area (Å²) >= 11 is 5.98. The van der Waals surface area contributed by atoms with E-state index >= 15 is 0 Å². The summed E-state index contributed by atoms with van der Waals surface area (Å²) in [5.74, 6) is 5.12. The average molecular weight is 306 g/mol. The molecule has 1 aromatic carbocycles. The number of benzene rings is 1. The molecule has 1 saturated heterocycles. The molecule has 21 heavy (non-hydrogen) atoms. The van der Waals surface area contributed by atoms with Gasteiger partial charge < -0.3 is 5.11 Å². The molecular formula is C17H20ClNO2. The van der Waals surface area contributed by atoms with E-state index in [1.807, 2.05) is 12.1 Å². The second kappa shape index (κ2) is 8.07. The number of rotatable bonds is 4. The number of nitrogens with zero attached hydrogens (tertiary/aromatic N) is 1. The molecule has 3 nitrogen and oxygen atoms in total. The van der Waals surface area contributed by atoms with Gasteiger partial charge >= 0.3 is 5.97 Å². The Morgan fingerprint density at radius 1 is 1.33 bits per heavy atom. The molecule has 1 aliphatic rings. The van der Waals surface area contributed by atoms with Crippen molar-refractivity contribution in [1.29, 1.82) is 0 Å². The first-order valence-electron chi connectivity index (χ1n) is 7.33. The highest BCUT2D eigenvalue weighted by atomic mass is 35.5. The topological polar surface area (TPSA) is 40.5 Å². The molecule has 0 aliphatic carbocycles. The third kappa shape index (κ3) is 5.41. The second-order valence-corrected chi connectivity index (χ2v) is 5.80. The second-order valence-electron chi connectivity index (χ2n) is 5.36. The molecular weight excluding hydrogens is 286 g/mol. The predicted octanol–water partition coefficient (Wildman–Crippen LogP) is 3.39. The molecule has 1 fully saturated rings. The highest BCUT2D eigenvalue weighted by molar-refractivity contribution is 6.30. The van der Waals surface area contributed by atoms with Gasteiger partial charge in [-0.1, -0.05) is 42.0 Å². The zero-order chi connectivity index (χ0) is 15.1. The Balaban J connectivity index is 2.04. The molecule has 2 rings (SSSR count). The van der Waals surface area contributed by atoms with Crippen LogP contribution in [0.2, 0.25) is 5.02 Å². The monoisotopic (exact) mass is 305 g/mol. The lowest BCUT2D eigenvalue weighted by molar-refractivity contribution is -0.137. The van der Waals surface area contributed by atoms with Gasteiger partial charge in [-0.25, -0.2) is 0 Å². The highest BCUT2D eigenvalue weighted by Gasteiger charge is 2.14. The molecule has 1 atom stereocenters. The quantitative estimate of drug-likeness (QED) is 0.867. The van der Waals surface area contributed by atoms with Gasteiger partial charge in [0.15, 0.2) is 0 Å². The minimum atomic E-state index is -0.841. The van der Waals surface area contributed by atoms with Gasteiger partial charge in [0.05, 0.1) is 18.9 Å². The summed E-state index contributed by atoms with van der Waals surface area (Å²) in [4.78, 5) is 13.3. The minimum Gasteiger partial charge on any atom is -0.481 e. The summed E-state index contributed by atoms with van der Waals surface area (Å²) in [5.41, 5.74) is 0.871. The van der Waals surface area contributed by atoms with Gasteiger partial charge in [-0.05, 0) is 43.6 Å². The van der Waals surface area contributed by atoms with Gasteiger partial charge in [0, 0.05) is 5.02 Å². The fourth-order valence-corrected chi connectivity index (χ4v) is 2.75. The first kappa shape index (κ1) is 15.9. The van der Waals surface area contributed by atoms with Crippen molar-refractivity contribution in [2.75, 3.05) is 19.6 Å². The fourth-order valence-electron chi connectivity index (χ4n) is 2.55. The van der Waals surface area contributed by atoms with E-state index in [2.05, 4.69) is 16.7 Å². The van der Waals surface area contributed by atoms with E-state index in [0.29, 0.717) is 5.02 Å². The molecule has 1 aromatic rings. The van der Waals surface area contributed by atoms with Crippen LogP contribution in [0.4, 0.5) is 0 Å². The van der Waals surface area contributed by atoms with Crippen molar-refractivity contribution in [1.82, 2.24) is 4.90 Å². The van der Waals surface area contributed by atoms with E-state index in [4.69, 9.17) is 16.7 Å². The van der Waals surface area contributed by atoms with Crippen molar-refractivity contribution in [3.63, 3.8) is 0 Å². The molecule has 112 valence electrons. The number of halogens is 1. The van der Waals surface area contributed by atoms with Crippen molar-refractivity contribution >= 4 is 17.6 Å². The van der Waals surface area contributed by atoms with E-state index in [1.54, 1.807) is 12.1 Å². The molecule has 0 bridgehead atoms. The average Bonchev–Trinajstić information content (AvgIpc) is 2.47. The van der Waals surface area contributed by atoms with Gasteiger partial charge in [0.1, 0.15) is 0 Å². The maximum absolute atomic E-state index is 11.0. The van der Waals surface area contributed by atoms with Crippen molar-refractivity contribution in [3.8, 4) is 11.8 Å². The SMILES string of the molecule is O=C(O)CC(C#CCN1CCCCC1)c1cccc(Cl)c1. The van der Waals surface area contributed by atoms with Gasteiger partial charge in [0.2, 0.25) is 0 Å². The minimum absolute atomic E-state index is 0.00728. The number of hydrogen-bond donors (Lipinski definition) is 1. The van der Waals surface area contributed by atoms with Crippen LogP contribution in [0.25, 0.3) is 0 Å². The third-order valence-corrected chi connectivity index (χ3v) is 3.89. The molecule has 0 amide bonds. The smallest absolute Gasteiger partial charge is 0.304 e. The van der Waals surface area contributed by atoms with Crippen LogP contribution in [0.15, 0.2) is 24.3 Å². The Hall–Kier alpha value is -1.50. The molecule has 1 N–H and O–H groups in total. The standard InChI is InChI=1S/C17H20ClNO2/c18-16-8-4-6-14(12-16)15(13-17(20)21)7-5-11-19-9-2-1-3-10-19/h4,6,8,12,15H,1-3,9-11,13H2,(H,20,21). The van der Waals surface area contributed by atoms with Crippen LogP contribution in [-0.2, 0) is 4.79 Å². The number of carbonyl (C=O) groups is 1. The number of likely N-dealkylation sites (tertiary alicyclic amines) is 1. The summed E-state index contributed by atoms with van der Waals surface area (Å²) in [6.45, 7) is 2.90. The summed E-state index contributed by atoms with van der Waals surface area (Å²) in [5, 5.41) is 9.66. The summed E-state index contributed by atoms with van der Waals surface area (Å²) in [6, 6.07) is 7.29. The maximum Gasteiger partial charge on any atom is 0.304 e. The van der Waals surface area contributed by atoms with E-state index in [0.717, 1.165) is 25.2 Å². The lowest BCUT2D eigenvalue weighted by Gasteiger charge is -2.24. The Morgan fingerprint density at radius 2 is 2.10 bits per heavy atom. The summed E-state index contributed by atoms with van der Waals surface area (Å²) in [7, 11) is 0. The molecule has 1 unspecified atom stereocenters. The van der Waals surface area contributed by atoms with E-state index in [1.165, 1.54) is 19.3 Å². The zero-order valence-electron chi connectivity index (χ0n) is 12.0. The lowest BCUT2D eigenvalue weighted by Crippen LogP contribution is -2.29. The predicted molar refractivity (Wildman–Crippen MR) is 84.5 cm³/mol. The Labute approximate surface area is 130 Å². The van der Waals surface area contributed by atoms with Crippen molar-refractivity contribution in [2.24, 2.45) is 0 Å². The maximum atomic E-state index is 11.0. The highest BCUT2D eigenvalue weighted by Crippen LogP contribution is 2.22. The number of aliphatic carboxylic acids is 1. The van der Waals surface area contributed by atoms with Gasteiger partial charge in [-0.2, -0.15) is 0 Å². The van der Waals surface area contributed by atoms with Crippen LogP contribution in [0.5, 0.6) is 0 Å². The molecule has 0 aromatic heterocycles. The Kier molecular flexibility index (Phi) is 6.10. The lowest BCUT2D eigenvalue weighted by atomic mass is 9.96. The van der Waals surface area contributed by atoms with Crippen LogP contribution in [0.1, 0.15) is 37.2 Å². The Bertz CT molecular complexity index is 541. The van der Waals surface area contributed by atoms with Crippen LogP contribution in [0, 0.1) is 11.8 Å². The van der Waals surface area contributed by atoms with E-state index in [9.17, 15) is 4.79 Å². The number of carboxylic acids is 1.